The summed E-state index contributed by atoms with van der Waals surface area (Å²) in [5, 5.41) is 0. The molecule has 1 amide bonds. The fourth-order valence-electron chi connectivity index (χ4n) is 4.18. The molecule has 0 saturated carbocycles. The molecule has 0 N–H and O–H groups in total. The van der Waals surface area contributed by atoms with E-state index in [0.29, 0.717) is 5.56 Å². The molecule has 0 aliphatic rings. The van der Waals surface area contributed by atoms with Crippen LogP contribution < -0.4 is 9.26 Å². The third-order valence-electron chi connectivity index (χ3n) is 6.51. The average molecular weight is 634 g/mol. The first-order valence-corrected chi connectivity index (χ1v) is 15.6. The van der Waals surface area contributed by atoms with E-state index in [0.717, 1.165) is 16.7 Å². The maximum Gasteiger partial charge on any atom is 0.530 e. The van der Waals surface area contributed by atoms with Crippen molar-refractivity contribution in [1.82, 2.24) is 4.90 Å². The van der Waals surface area contributed by atoms with Gasteiger partial charge in [-0.3, -0.25) is 13.8 Å². The summed E-state index contributed by atoms with van der Waals surface area (Å²) in [5.41, 5.74) is 3.00. The van der Waals surface area contributed by atoms with Gasteiger partial charge >= 0.3 is 19.9 Å². The number of phosphoric ester groups is 1. The third kappa shape index (κ3) is 10.5. The molecule has 4 rings (SSSR count). The quantitative estimate of drug-likeness (QED) is 0.0971. The number of hydrogen-bond donors (Lipinski definition) is 0. The lowest BCUT2D eigenvalue weighted by Crippen LogP contribution is -2.33. The second kappa shape index (κ2) is 16.4. The molecule has 0 fully saturated rings. The molecule has 0 aliphatic heterocycles. The van der Waals surface area contributed by atoms with E-state index >= 15 is 0 Å². The predicted octanol–water partition coefficient (Wildman–Crippen LogP) is 7.49. The van der Waals surface area contributed by atoms with Gasteiger partial charge in [-0.05, 0) is 34.4 Å². The molecular formula is C34H36NO9P. The van der Waals surface area contributed by atoms with Gasteiger partial charge in [-0.25, -0.2) is 9.36 Å². The molecule has 11 heteroatoms. The van der Waals surface area contributed by atoms with Crippen molar-refractivity contribution in [3.05, 3.63) is 131 Å². The van der Waals surface area contributed by atoms with E-state index in [-0.39, 0.29) is 37.9 Å². The van der Waals surface area contributed by atoms with Crippen LogP contribution >= 0.6 is 7.82 Å². The van der Waals surface area contributed by atoms with Crippen LogP contribution in [0.4, 0.5) is 4.79 Å². The van der Waals surface area contributed by atoms with Gasteiger partial charge in [-0.2, -0.15) is 0 Å². The summed E-state index contributed by atoms with van der Waals surface area (Å²) in [6.07, 6.45) is -1.47. The molecule has 45 heavy (non-hydrogen) atoms. The number of carbonyl (C=O) groups is 2. The topological polar surface area (TPSA) is 110 Å². The van der Waals surface area contributed by atoms with Crippen LogP contribution in [-0.4, -0.2) is 37.7 Å². The summed E-state index contributed by atoms with van der Waals surface area (Å²) in [4.78, 5) is 26.2. The Kier molecular flexibility index (Phi) is 12.2. The zero-order chi connectivity index (χ0) is 32.1. The van der Waals surface area contributed by atoms with Crippen molar-refractivity contribution < 1.29 is 41.9 Å². The van der Waals surface area contributed by atoms with Crippen LogP contribution in [0.1, 0.15) is 35.3 Å². The number of rotatable bonds is 15. The Balaban J connectivity index is 1.55. The van der Waals surface area contributed by atoms with Gasteiger partial charge in [-0.1, -0.05) is 97.1 Å². The Morgan fingerprint density at radius 2 is 1.31 bits per heavy atom. The first-order chi connectivity index (χ1) is 21.7. The summed E-state index contributed by atoms with van der Waals surface area (Å²) in [5.74, 6) is -0.259. The number of ether oxygens (including phenoxy) is 3. The van der Waals surface area contributed by atoms with E-state index in [9.17, 15) is 14.2 Å². The van der Waals surface area contributed by atoms with Gasteiger partial charge in [0.15, 0.2) is 11.5 Å². The molecule has 0 bridgehead atoms. The summed E-state index contributed by atoms with van der Waals surface area (Å²) < 4.78 is 47.1. The van der Waals surface area contributed by atoms with Crippen LogP contribution in [0.25, 0.3) is 0 Å². The Morgan fingerprint density at radius 1 is 0.756 bits per heavy atom. The second-order valence-electron chi connectivity index (χ2n) is 9.98. The van der Waals surface area contributed by atoms with Gasteiger partial charge in [0.25, 0.3) is 0 Å². The van der Waals surface area contributed by atoms with Crippen LogP contribution in [0.2, 0.25) is 0 Å². The van der Waals surface area contributed by atoms with Crippen molar-refractivity contribution in [3.8, 4) is 11.5 Å². The van der Waals surface area contributed by atoms with Crippen molar-refractivity contribution in [3.63, 3.8) is 0 Å². The van der Waals surface area contributed by atoms with Crippen LogP contribution in [0.15, 0.2) is 109 Å². The van der Waals surface area contributed by atoms with Crippen LogP contribution in [0, 0.1) is 0 Å². The van der Waals surface area contributed by atoms with Crippen LogP contribution in [-0.2, 0) is 47.7 Å². The molecule has 0 heterocycles. The van der Waals surface area contributed by atoms with Crippen molar-refractivity contribution in [1.29, 1.82) is 0 Å². The SMILES string of the molecule is COP(=O)(OCc1ccccc1)Oc1ccc(C(CN(C)C(=O)OCc2ccccc2)OC(C)=O)cc1OCc1ccccc1. The van der Waals surface area contributed by atoms with Gasteiger partial charge in [0.2, 0.25) is 0 Å². The molecule has 0 saturated heterocycles. The van der Waals surface area contributed by atoms with E-state index in [1.165, 1.54) is 25.0 Å². The average Bonchev–Trinajstić information content (AvgIpc) is 3.06. The summed E-state index contributed by atoms with van der Waals surface area (Å²) in [7, 11) is -1.30. The minimum Gasteiger partial charge on any atom is -0.485 e. The predicted molar refractivity (Wildman–Crippen MR) is 167 cm³/mol. The summed E-state index contributed by atoms with van der Waals surface area (Å²) in [6.45, 7) is 1.52. The lowest BCUT2D eigenvalue weighted by Gasteiger charge is -2.25. The lowest BCUT2D eigenvalue weighted by atomic mass is 10.1. The molecule has 0 aliphatic carbocycles. The van der Waals surface area contributed by atoms with Crippen molar-refractivity contribution in [2.24, 2.45) is 0 Å². The molecule has 0 radical (unpaired) electrons. The number of carbonyl (C=O) groups excluding carboxylic acids is 2. The summed E-state index contributed by atoms with van der Waals surface area (Å²) in [6, 6.07) is 32.7. The minimum atomic E-state index is -4.08. The summed E-state index contributed by atoms with van der Waals surface area (Å²) >= 11 is 0. The highest BCUT2D eigenvalue weighted by molar-refractivity contribution is 7.48. The third-order valence-corrected chi connectivity index (χ3v) is 7.82. The highest BCUT2D eigenvalue weighted by Gasteiger charge is 2.30. The van der Waals surface area contributed by atoms with Gasteiger partial charge in [0.05, 0.1) is 13.2 Å². The highest BCUT2D eigenvalue weighted by atomic mass is 31.2. The number of benzene rings is 4. The molecule has 10 nitrogen and oxygen atoms in total. The fraction of sp³-hybridized carbons (Fsp3) is 0.235. The highest BCUT2D eigenvalue weighted by Crippen LogP contribution is 2.51. The van der Waals surface area contributed by atoms with Gasteiger partial charge in [0.1, 0.15) is 19.3 Å². The van der Waals surface area contributed by atoms with Crippen molar-refractivity contribution >= 4 is 19.9 Å². The lowest BCUT2D eigenvalue weighted by molar-refractivity contribution is -0.147. The molecule has 2 unspecified atom stereocenters. The van der Waals surface area contributed by atoms with Gasteiger partial charge < -0.3 is 23.6 Å². The van der Waals surface area contributed by atoms with E-state index in [4.69, 9.17) is 27.8 Å². The largest absolute Gasteiger partial charge is 0.530 e. The molecule has 236 valence electrons. The first-order valence-electron chi connectivity index (χ1n) is 14.2. The number of nitrogens with zero attached hydrogens (tertiary/aromatic N) is 1. The molecular weight excluding hydrogens is 597 g/mol. The fourth-order valence-corrected chi connectivity index (χ4v) is 5.11. The number of hydrogen-bond acceptors (Lipinski definition) is 9. The molecule has 2 atom stereocenters. The Morgan fingerprint density at radius 3 is 1.87 bits per heavy atom. The van der Waals surface area contributed by atoms with E-state index in [1.807, 2.05) is 91.0 Å². The molecule has 4 aromatic rings. The smallest absolute Gasteiger partial charge is 0.485 e. The standard InChI is InChI=1S/C34H36NO9P/c1-26(36)43-33(22-35(2)34(37)41-24-28-15-9-5-10-16-28)30-19-20-31(32(21-30)40-23-27-13-7-4-8-14-27)44-45(38,39-3)42-25-29-17-11-6-12-18-29/h4-21,33H,22-25H2,1-3H3. The number of esters is 1. The zero-order valence-electron chi connectivity index (χ0n) is 25.4. The zero-order valence-corrected chi connectivity index (χ0v) is 26.3. The number of phosphoric acid groups is 1. The van der Waals surface area contributed by atoms with E-state index in [2.05, 4.69) is 0 Å². The van der Waals surface area contributed by atoms with Gasteiger partial charge in [-0.15, -0.1) is 0 Å². The Bertz CT molecular complexity index is 1570. The maximum absolute atomic E-state index is 13.5. The van der Waals surface area contributed by atoms with E-state index in [1.54, 1.807) is 19.2 Å². The van der Waals surface area contributed by atoms with E-state index < -0.39 is 26.0 Å². The monoisotopic (exact) mass is 633 g/mol. The second-order valence-corrected chi connectivity index (χ2v) is 11.7. The molecule has 4 aromatic carbocycles. The molecule has 0 spiro atoms. The number of likely N-dealkylation sites (N-methyl/N-ethyl adjacent to an activating group) is 1. The van der Waals surface area contributed by atoms with Crippen LogP contribution in [0.5, 0.6) is 11.5 Å². The molecule has 0 aromatic heterocycles. The minimum absolute atomic E-state index is 0.00845. The first kappa shape index (κ1) is 33.3. The number of amides is 1. The van der Waals surface area contributed by atoms with Gasteiger partial charge in [0, 0.05) is 21.1 Å². The van der Waals surface area contributed by atoms with Crippen molar-refractivity contribution in [2.45, 2.75) is 32.8 Å². The van der Waals surface area contributed by atoms with Crippen LogP contribution in [0.3, 0.4) is 0 Å². The van der Waals surface area contributed by atoms with Crippen molar-refractivity contribution in [2.75, 3.05) is 20.7 Å². The Labute approximate surface area is 263 Å². The maximum atomic E-state index is 13.5. The Hall–Kier alpha value is -4.63. The normalized spacial score (nSPS) is 12.8.